The van der Waals surface area contributed by atoms with Crippen LogP contribution in [0.15, 0.2) is 29.2 Å². The average molecular weight is 301 g/mol. The lowest BCUT2D eigenvalue weighted by atomic mass is 10.1. The van der Waals surface area contributed by atoms with E-state index in [9.17, 15) is 12.6 Å². The van der Waals surface area contributed by atoms with Crippen LogP contribution in [0.1, 0.15) is 24.9 Å². The average Bonchev–Trinajstić information content (AvgIpc) is 2.50. The Hall–Kier alpha value is -0.720. The predicted octanol–water partition coefficient (Wildman–Crippen LogP) is 1.26. The number of hydrogen-bond acceptors (Lipinski definition) is 4. The van der Waals surface area contributed by atoms with E-state index in [2.05, 4.69) is 12.2 Å². The number of rotatable bonds is 2. The maximum absolute atomic E-state index is 11.8. The Morgan fingerprint density at radius 1 is 1.26 bits per heavy atom. The Bertz CT molecular complexity index is 566. The molecule has 4 nitrogen and oxygen atoms in total. The summed E-state index contributed by atoms with van der Waals surface area (Å²) < 4.78 is 34.6. The molecule has 2 rings (SSSR count). The van der Waals surface area contributed by atoms with Crippen molar-refractivity contribution >= 4 is 20.6 Å². The fourth-order valence-electron chi connectivity index (χ4n) is 2.19. The molecule has 0 radical (unpaired) electrons. The van der Waals surface area contributed by atoms with Gasteiger partial charge in [-0.05, 0) is 31.0 Å². The molecule has 0 aromatic heterocycles. The van der Waals surface area contributed by atoms with Gasteiger partial charge in [0.15, 0.2) is 9.84 Å². The van der Waals surface area contributed by atoms with Gasteiger partial charge >= 0.3 is 0 Å². The van der Waals surface area contributed by atoms with E-state index in [1.54, 1.807) is 12.1 Å². The Kier molecular flexibility index (Phi) is 4.43. The third-order valence-corrected chi connectivity index (χ3v) is 5.85. The van der Waals surface area contributed by atoms with Crippen LogP contribution in [0.3, 0.4) is 0 Å². The molecule has 6 heteroatoms. The Morgan fingerprint density at radius 2 is 1.89 bits per heavy atom. The number of benzene rings is 1. The standard InChI is InChI=1S/C13H19NO3S2/c1-10-7-8-18(15)9-13(14-10)11-3-5-12(6-4-11)19(2,16)17/h3-6,10,13-14H,7-9H2,1-2H3. The van der Waals surface area contributed by atoms with Gasteiger partial charge in [-0.2, -0.15) is 0 Å². The van der Waals surface area contributed by atoms with Crippen molar-refractivity contribution in [2.45, 2.75) is 30.3 Å². The van der Waals surface area contributed by atoms with Crippen molar-refractivity contribution in [2.24, 2.45) is 0 Å². The zero-order valence-corrected chi connectivity index (χ0v) is 12.8. The largest absolute Gasteiger partial charge is 0.307 e. The van der Waals surface area contributed by atoms with Crippen LogP contribution in [0.25, 0.3) is 0 Å². The molecule has 106 valence electrons. The Balaban J connectivity index is 2.23. The van der Waals surface area contributed by atoms with Crippen LogP contribution in [0.4, 0.5) is 0 Å². The maximum atomic E-state index is 11.8. The van der Waals surface area contributed by atoms with Crippen LogP contribution in [0.5, 0.6) is 0 Å². The summed E-state index contributed by atoms with van der Waals surface area (Å²) in [6.45, 7) is 2.08. The Morgan fingerprint density at radius 3 is 2.47 bits per heavy atom. The van der Waals surface area contributed by atoms with Gasteiger partial charge in [-0.25, -0.2) is 8.42 Å². The molecule has 1 aliphatic rings. The van der Waals surface area contributed by atoms with Crippen LogP contribution in [0.2, 0.25) is 0 Å². The van der Waals surface area contributed by atoms with Crippen LogP contribution < -0.4 is 5.32 Å². The molecule has 0 aliphatic carbocycles. The minimum atomic E-state index is -3.16. The topological polar surface area (TPSA) is 63.2 Å². The first kappa shape index (κ1) is 14.7. The highest BCUT2D eigenvalue weighted by atomic mass is 32.2. The minimum Gasteiger partial charge on any atom is -0.307 e. The molecule has 0 saturated carbocycles. The van der Waals surface area contributed by atoms with Gasteiger partial charge in [0.2, 0.25) is 0 Å². The molecular formula is C13H19NO3S2. The van der Waals surface area contributed by atoms with E-state index in [-0.39, 0.29) is 6.04 Å². The molecule has 1 N–H and O–H groups in total. The predicted molar refractivity (Wildman–Crippen MR) is 77.4 cm³/mol. The van der Waals surface area contributed by atoms with Gasteiger partial charge in [0.05, 0.1) is 4.90 Å². The second-order valence-electron chi connectivity index (χ2n) is 5.06. The fourth-order valence-corrected chi connectivity index (χ4v) is 4.27. The quantitative estimate of drug-likeness (QED) is 0.893. The van der Waals surface area contributed by atoms with Crippen molar-refractivity contribution in [3.05, 3.63) is 29.8 Å². The first-order chi connectivity index (χ1) is 8.86. The van der Waals surface area contributed by atoms with Crippen molar-refractivity contribution in [2.75, 3.05) is 17.8 Å². The van der Waals surface area contributed by atoms with E-state index in [0.717, 1.165) is 17.7 Å². The first-order valence-electron chi connectivity index (χ1n) is 6.27. The summed E-state index contributed by atoms with van der Waals surface area (Å²) in [6.07, 6.45) is 2.10. The summed E-state index contributed by atoms with van der Waals surface area (Å²) in [5, 5.41) is 3.44. The summed E-state index contributed by atoms with van der Waals surface area (Å²) in [7, 11) is -3.97. The molecule has 3 unspecified atom stereocenters. The van der Waals surface area contributed by atoms with Crippen molar-refractivity contribution in [1.82, 2.24) is 5.32 Å². The zero-order chi connectivity index (χ0) is 14.0. The summed E-state index contributed by atoms with van der Waals surface area (Å²) >= 11 is 0. The van der Waals surface area contributed by atoms with E-state index in [1.165, 1.54) is 6.26 Å². The monoisotopic (exact) mass is 301 g/mol. The molecule has 1 heterocycles. The van der Waals surface area contributed by atoms with Crippen LogP contribution in [-0.4, -0.2) is 36.4 Å². The van der Waals surface area contributed by atoms with Crippen molar-refractivity contribution in [1.29, 1.82) is 0 Å². The molecule has 1 aromatic carbocycles. The second kappa shape index (κ2) is 5.73. The lowest BCUT2D eigenvalue weighted by Crippen LogP contribution is -2.30. The number of sulfone groups is 1. The van der Waals surface area contributed by atoms with Gasteiger partial charge < -0.3 is 5.32 Å². The van der Waals surface area contributed by atoms with E-state index in [1.807, 2.05) is 12.1 Å². The molecule has 0 spiro atoms. The summed E-state index contributed by atoms with van der Waals surface area (Å²) in [5.41, 5.74) is 0.995. The van der Waals surface area contributed by atoms with Crippen molar-refractivity contribution in [3.8, 4) is 0 Å². The molecule has 3 atom stereocenters. The van der Waals surface area contributed by atoms with Crippen LogP contribution in [0, 0.1) is 0 Å². The van der Waals surface area contributed by atoms with Gasteiger partial charge in [0.1, 0.15) is 0 Å². The summed E-state index contributed by atoms with van der Waals surface area (Å²) in [5.74, 6) is 1.31. The zero-order valence-electron chi connectivity index (χ0n) is 11.1. The SMILES string of the molecule is CC1CCS(=O)CC(c2ccc(S(C)(=O)=O)cc2)N1. The summed E-state index contributed by atoms with van der Waals surface area (Å²) in [4.78, 5) is 0.319. The van der Waals surface area contributed by atoms with Crippen LogP contribution >= 0.6 is 0 Å². The normalized spacial score (nSPS) is 28.8. The first-order valence-corrected chi connectivity index (χ1v) is 9.65. The molecule has 0 amide bonds. The lowest BCUT2D eigenvalue weighted by Gasteiger charge is -2.19. The molecule has 0 bridgehead atoms. The Labute approximate surface area is 117 Å². The van der Waals surface area contributed by atoms with Gasteiger partial charge in [-0.3, -0.25) is 4.21 Å². The molecule has 1 aromatic rings. The smallest absolute Gasteiger partial charge is 0.175 e. The fraction of sp³-hybridized carbons (Fsp3) is 0.538. The van der Waals surface area contributed by atoms with Crippen molar-refractivity contribution in [3.63, 3.8) is 0 Å². The van der Waals surface area contributed by atoms with Gasteiger partial charge in [0.25, 0.3) is 0 Å². The minimum absolute atomic E-state index is 0.0342. The molecular weight excluding hydrogens is 282 g/mol. The molecule has 1 aliphatic heterocycles. The highest BCUT2D eigenvalue weighted by molar-refractivity contribution is 7.90. The number of hydrogen-bond donors (Lipinski definition) is 1. The molecule has 1 fully saturated rings. The van der Waals surface area contributed by atoms with E-state index in [4.69, 9.17) is 0 Å². The maximum Gasteiger partial charge on any atom is 0.175 e. The van der Waals surface area contributed by atoms with E-state index >= 15 is 0 Å². The lowest BCUT2D eigenvalue weighted by molar-refractivity contribution is 0.484. The van der Waals surface area contributed by atoms with Crippen molar-refractivity contribution < 1.29 is 12.6 Å². The third-order valence-electron chi connectivity index (χ3n) is 3.33. The van der Waals surface area contributed by atoms with Gasteiger partial charge in [-0.1, -0.05) is 12.1 Å². The number of nitrogens with one attached hydrogen (secondary N) is 1. The van der Waals surface area contributed by atoms with Gasteiger partial charge in [0, 0.05) is 40.6 Å². The highest BCUT2D eigenvalue weighted by Crippen LogP contribution is 2.21. The molecule has 19 heavy (non-hydrogen) atoms. The highest BCUT2D eigenvalue weighted by Gasteiger charge is 2.22. The van der Waals surface area contributed by atoms with Crippen LogP contribution in [-0.2, 0) is 20.6 Å². The van der Waals surface area contributed by atoms with E-state index in [0.29, 0.717) is 16.7 Å². The third kappa shape index (κ3) is 3.87. The second-order valence-corrected chi connectivity index (χ2v) is 8.70. The van der Waals surface area contributed by atoms with E-state index < -0.39 is 20.6 Å². The summed E-state index contributed by atoms with van der Waals surface area (Å²) in [6, 6.07) is 7.21. The van der Waals surface area contributed by atoms with Gasteiger partial charge in [-0.15, -0.1) is 0 Å². The molecule has 1 saturated heterocycles.